The van der Waals surface area contributed by atoms with Gasteiger partial charge < -0.3 is 5.73 Å². The highest BCUT2D eigenvalue weighted by atomic mass is 32.2. The fourth-order valence-electron chi connectivity index (χ4n) is 1.21. The van der Waals surface area contributed by atoms with Crippen LogP contribution >= 0.6 is 23.1 Å². The summed E-state index contributed by atoms with van der Waals surface area (Å²) in [5.41, 5.74) is 6.90. The molecule has 0 amide bonds. The van der Waals surface area contributed by atoms with E-state index >= 15 is 0 Å². The second-order valence-corrected chi connectivity index (χ2v) is 5.27. The summed E-state index contributed by atoms with van der Waals surface area (Å²) in [7, 11) is 0. The van der Waals surface area contributed by atoms with Gasteiger partial charge in [0.15, 0.2) is 0 Å². The van der Waals surface area contributed by atoms with Crippen molar-refractivity contribution in [2.24, 2.45) is 5.73 Å². The van der Waals surface area contributed by atoms with Crippen molar-refractivity contribution in [2.45, 2.75) is 9.59 Å². The van der Waals surface area contributed by atoms with Crippen LogP contribution in [0.3, 0.4) is 0 Å². The molecule has 2 aromatic rings. The van der Waals surface area contributed by atoms with Crippen LogP contribution in [0.4, 0.5) is 0 Å². The lowest BCUT2D eigenvalue weighted by Crippen LogP contribution is -2.09. The van der Waals surface area contributed by atoms with E-state index < -0.39 is 0 Å². The van der Waals surface area contributed by atoms with Gasteiger partial charge in [0, 0.05) is 30.5 Å². The molecule has 3 nitrogen and oxygen atoms in total. The first kappa shape index (κ1) is 10.6. The molecule has 0 radical (unpaired) electrons. The third-order valence-corrected chi connectivity index (χ3v) is 4.12. The van der Waals surface area contributed by atoms with Crippen LogP contribution in [0.5, 0.6) is 0 Å². The molecule has 0 spiro atoms. The number of thiazole rings is 1. The Labute approximate surface area is 96.8 Å². The molecule has 0 bridgehead atoms. The molecule has 0 saturated heterocycles. The summed E-state index contributed by atoms with van der Waals surface area (Å²) in [5, 5.41) is 2.21. The monoisotopic (exact) mass is 237 g/mol. The van der Waals surface area contributed by atoms with Gasteiger partial charge in [-0.25, -0.2) is 4.98 Å². The molecule has 2 N–H and O–H groups in total. The maximum atomic E-state index is 5.75. The summed E-state index contributed by atoms with van der Waals surface area (Å²) < 4.78 is 1.05. The normalized spacial score (nSPS) is 12.6. The lowest BCUT2D eigenvalue weighted by molar-refractivity contribution is 0.930. The third-order valence-electron chi connectivity index (χ3n) is 1.92. The number of nitrogens with zero attached hydrogens (tertiary/aromatic N) is 2. The number of aromatic nitrogens is 2. The standard InChI is InChI=1S/C10H11N3S2/c11-6-9(8-2-1-3-12-7-8)15-10-13-4-5-14-10/h1-5,7,9H,6,11H2. The summed E-state index contributed by atoms with van der Waals surface area (Å²) in [5.74, 6) is 0. The SMILES string of the molecule is NCC(Sc1nccs1)c1cccnc1. The quantitative estimate of drug-likeness (QED) is 0.829. The molecule has 2 heterocycles. The van der Waals surface area contributed by atoms with Gasteiger partial charge in [0.05, 0.1) is 5.25 Å². The predicted molar refractivity (Wildman–Crippen MR) is 64.0 cm³/mol. The zero-order valence-electron chi connectivity index (χ0n) is 8.04. The van der Waals surface area contributed by atoms with Crippen molar-refractivity contribution >= 4 is 23.1 Å². The molecule has 0 aliphatic rings. The maximum absolute atomic E-state index is 5.75. The third kappa shape index (κ3) is 2.77. The molecule has 0 aliphatic heterocycles. The van der Waals surface area contributed by atoms with Crippen molar-refractivity contribution in [2.75, 3.05) is 6.54 Å². The largest absolute Gasteiger partial charge is 0.329 e. The zero-order chi connectivity index (χ0) is 10.5. The first-order valence-corrected chi connectivity index (χ1v) is 6.32. The van der Waals surface area contributed by atoms with Crippen molar-refractivity contribution in [3.05, 3.63) is 41.7 Å². The van der Waals surface area contributed by atoms with Crippen LogP contribution in [0.1, 0.15) is 10.8 Å². The smallest absolute Gasteiger partial charge is 0.150 e. The molecule has 15 heavy (non-hydrogen) atoms. The number of hydrogen-bond donors (Lipinski definition) is 1. The number of rotatable bonds is 4. The Hall–Kier alpha value is -0.910. The van der Waals surface area contributed by atoms with E-state index in [4.69, 9.17) is 5.73 Å². The lowest BCUT2D eigenvalue weighted by Gasteiger charge is -2.11. The minimum absolute atomic E-state index is 0.241. The molecule has 0 aromatic carbocycles. The predicted octanol–water partition coefficient (Wildman–Crippen LogP) is 2.33. The van der Waals surface area contributed by atoms with Crippen LogP contribution in [0.15, 0.2) is 40.4 Å². The zero-order valence-corrected chi connectivity index (χ0v) is 9.67. The van der Waals surface area contributed by atoms with Crippen LogP contribution in [0.25, 0.3) is 0 Å². The second-order valence-electron chi connectivity index (χ2n) is 2.93. The summed E-state index contributed by atoms with van der Waals surface area (Å²) >= 11 is 3.33. The number of pyridine rings is 1. The van der Waals surface area contributed by atoms with Gasteiger partial charge >= 0.3 is 0 Å². The van der Waals surface area contributed by atoms with Crippen molar-refractivity contribution in [3.63, 3.8) is 0 Å². The van der Waals surface area contributed by atoms with Gasteiger partial charge in [0.2, 0.25) is 0 Å². The van der Waals surface area contributed by atoms with Gasteiger partial charge in [0.25, 0.3) is 0 Å². The molecule has 2 rings (SSSR count). The average molecular weight is 237 g/mol. The maximum Gasteiger partial charge on any atom is 0.150 e. The van der Waals surface area contributed by atoms with E-state index in [9.17, 15) is 0 Å². The number of hydrogen-bond acceptors (Lipinski definition) is 5. The Morgan fingerprint density at radius 1 is 1.47 bits per heavy atom. The highest BCUT2D eigenvalue weighted by molar-refractivity contribution is 8.01. The Morgan fingerprint density at radius 3 is 3.00 bits per heavy atom. The van der Waals surface area contributed by atoms with Crippen LogP contribution in [0, 0.1) is 0 Å². The summed E-state index contributed by atoms with van der Waals surface area (Å²) in [4.78, 5) is 8.33. The Balaban J connectivity index is 2.12. The fourth-order valence-corrected chi connectivity index (χ4v) is 3.04. The molecular weight excluding hydrogens is 226 g/mol. The first-order chi connectivity index (χ1) is 7.40. The molecular formula is C10H11N3S2. The Bertz CT molecular complexity index is 388. The molecule has 78 valence electrons. The molecule has 0 fully saturated rings. The summed E-state index contributed by atoms with van der Waals surface area (Å²) in [6.07, 6.45) is 5.44. The summed E-state index contributed by atoms with van der Waals surface area (Å²) in [6, 6.07) is 3.98. The minimum atomic E-state index is 0.241. The molecule has 2 aromatic heterocycles. The topological polar surface area (TPSA) is 51.8 Å². The average Bonchev–Trinajstić information content (AvgIpc) is 2.80. The van der Waals surface area contributed by atoms with Crippen LogP contribution < -0.4 is 5.73 Å². The van der Waals surface area contributed by atoms with Crippen LogP contribution in [0.2, 0.25) is 0 Å². The van der Waals surface area contributed by atoms with Gasteiger partial charge in [-0.15, -0.1) is 11.3 Å². The van der Waals surface area contributed by atoms with Gasteiger partial charge in [0.1, 0.15) is 4.34 Å². The van der Waals surface area contributed by atoms with E-state index in [1.165, 1.54) is 0 Å². The van der Waals surface area contributed by atoms with Crippen molar-refractivity contribution in [3.8, 4) is 0 Å². The Morgan fingerprint density at radius 2 is 2.40 bits per heavy atom. The molecule has 1 unspecified atom stereocenters. The van der Waals surface area contributed by atoms with Crippen LogP contribution in [-0.2, 0) is 0 Å². The van der Waals surface area contributed by atoms with E-state index in [2.05, 4.69) is 9.97 Å². The van der Waals surface area contributed by atoms with Gasteiger partial charge in [-0.3, -0.25) is 4.98 Å². The Kier molecular flexibility index (Phi) is 3.71. The van der Waals surface area contributed by atoms with Crippen molar-refractivity contribution in [1.82, 2.24) is 9.97 Å². The van der Waals surface area contributed by atoms with E-state index in [1.807, 2.05) is 29.9 Å². The highest BCUT2D eigenvalue weighted by Crippen LogP contribution is 2.34. The van der Waals surface area contributed by atoms with E-state index in [1.54, 1.807) is 29.3 Å². The van der Waals surface area contributed by atoms with E-state index in [0.717, 1.165) is 9.90 Å². The fraction of sp³-hybridized carbons (Fsp3) is 0.200. The van der Waals surface area contributed by atoms with Crippen LogP contribution in [-0.4, -0.2) is 16.5 Å². The minimum Gasteiger partial charge on any atom is -0.329 e. The number of thioether (sulfide) groups is 1. The molecule has 0 saturated carbocycles. The molecule has 0 aliphatic carbocycles. The van der Waals surface area contributed by atoms with Crippen molar-refractivity contribution in [1.29, 1.82) is 0 Å². The first-order valence-electron chi connectivity index (χ1n) is 4.56. The summed E-state index contributed by atoms with van der Waals surface area (Å²) in [6.45, 7) is 0.593. The van der Waals surface area contributed by atoms with Gasteiger partial charge in [-0.2, -0.15) is 0 Å². The number of nitrogens with two attached hydrogens (primary N) is 1. The highest BCUT2D eigenvalue weighted by Gasteiger charge is 2.12. The van der Waals surface area contributed by atoms with E-state index in [-0.39, 0.29) is 5.25 Å². The van der Waals surface area contributed by atoms with Gasteiger partial charge in [-0.1, -0.05) is 17.8 Å². The second kappa shape index (κ2) is 5.25. The van der Waals surface area contributed by atoms with E-state index in [0.29, 0.717) is 6.54 Å². The van der Waals surface area contributed by atoms with Gasteiger partial charge in [-0.05, 0) is 11.6 Å². The van der Waals surface area contributed by atoms with Crippen molar-refractivity contribution < 1.29 is 0 Å². The molecule has 5 heteroatoms. The lowest BCUT2D eigenvalue weighted by atomic mass is 10.2. The molecule has 1 atom stereocenters.